The minimum absolute atomic E-state index is 0.0151. The molecule has 5 nitrogen and oxygen atoms in total. The predicted molar refractivity (Wildman–Crippen MR) is 83.9 cm³/mol. The Bertz CT molecular complexity index is 508. The first-order valence-corrected chi connectivity index (χ1v) is 7.59. The Labute approximate surface area is 125 Å². The molecule has 1 saturated carbocycles. The van der Waals surface area contributed by atoms with Gasteiger partial charge in [-0.05, 0) is 38.2 Å². The van der Waals surface area contributed by atoms with E-state index in [2.05, 4.69) is 12.2 Å². The number of nitro groups is 1. The maximum absolute atomic E-state index is 11.0. The van der Waals surface area contributed by atoms with E-state index in [0.717, 1.165) is 12.2 Å². The summed E-state index contributed by atoms with van der Waals surface area (Å²) < 4.78 is 5.56. The first-order valence-electron chi connectivity index (χ1n) is 7.59. The van der Waals surface area contributed by atoms with Crippen molar-refractivity contribution in [2.45, 2.75) is 52.6 Å². The number of benzene rings is 1. The molecule has 21 heavy (non-hydrogen) atoms. The average molecular weight is 292 g/mol. The lowest BCUT2D eigenvalue weighted by Gasteiger charge is -2.24. The van der Waals surface area contributed by atoms with Crippen molar-refractivity contribution in [3.63, 3.8) is 0 Å². The van der Waals surface area contributed by atoms with Crippen molar-refractivity contribution >= 4 is 11.4 Å². The standard InChI is InChI=1S/C16H24N2O3/c1-12(2)21-15-10-13(6-7-14(15)18(19)20)17-11-16(3)8-4-5-9-16/h6-7,10,12,17H,4-5,8-9,11H2,1-3H3. The van der Waals surface area contributed by atoms with Crippen LogP contribution in [-0.2, 0) is 0 Å². The van der Waals surface area contributed by atoms with Gasteiger partial charge < -0.3 is 10.1 Å². The Hall–Kier alpha value is -1.78. The Morgan fingerprint density at radius 3 is 2.62 bits per heavy atom. The number of nitrogens with one attached hydrogen (secondary N) is 1. The number of ether oxygens (including phenoxy) is 1. The van der Waals surface area contributed by atoms with Gasteiger partial charge in [-0.2, -0.15) is 0 Å². The third kappa shape index (κ3) is 4.09. The van der Waals surface area contributed by atoms with E-state index in [1.165, 1.54) is 31.7 Å². The molecule has 0 saturated heterocycles. The van der Waals surface area contributed by atoms with Crippen molar-refractivity contribution in [3.05, 3.63) is 28.3 Å². The first kappa shape index (κ1) is 15.6. The smallest absolute Gasteiger partial charge is 0.311 e. The molecule has 0 radical (unpaired) electrons. The second-order valence-corrected chi connectivity index (χ2v) is 6.48. The van der Waals surface area contributed by atoms with E-state index in [-0.39, 0.29) is 11.8 Å². The summed E-state index contributed by atoms with van der Waals surface area (Å²) in [7, 11) is 0. The van der Waals surface area contributed by atoms with Crippen LogP contribution in [0.1, 0.15) is 46.5 Å². The largest absolute Gasteiger partial charge is 0.484 e. The monoisotopic (exact) mass is 292 g/mol. The molecule has 5 heteroatoms. The summed E-state index contributed by atoms with van der Waals surface area (Å²) in [6, 6.07) is 5.00. The molecule has 1 N–H and O–H groups in total. The van der Waals surface area contributed by atoms with Crippen LogP contribution in [0.3, 0.4) is 0 Å². The first-order chi connectivity index (χ1) is 9.89. The van der Waals surface area contributed by atoms with Gasteiger partial charge in [-0.15, -0.1) is 0 Å². The third-order valence-corrected chi connectivity index (χ3v) is 4.05. The molecule has 1 aliphatic rings. The van der Waals surface area contributed by atoms with Crippen molar-refractivity contribution in [2.75, 3.05) is 11.9 Å². The fraction of sp³-hybridized carbons (Fsp3) is 0.625. The molecule has 0 aliphatic heterocycles. The van der Waals surface area contributed by atoms with E-state index >= 15 is 0 Å². The highest BCUT2D eigenvalue weighted by Crippen LogP contribution is 2.38. The van der Waals surface area contributed by atoms with Gasteiger partial charge in [0.05, 0.1) is 11.0 Å². The minimum atomic E-state index is -0.403. The number of anilines is 1. The van der Waals surface area contributed by atoms with E-state index in [9.17, 15) is 10.1 Å². The van der Waals surface area contributed by atoms with Crippen molar-refractivity contribution in [3.8, 4) is 5.75 Å². The Morgan fingerprint density at radius 1 is 1.38 bits per heavy atom. The van der Waals surface area contributed by atoms with Crippen molar-refractivity contribution < 1.29 is 9.66 Å². The topological polar surface area (TPSA) is 64.4 Å². The van der Waals surface area contributed by atoms with Gasteiger partial charge in [0.15, 0.2) is 5.75 Å². The zero-order chi connectivity index (χ0) is 15.5. The van der Waals surface area contributed by atoms with E-state index in [4.69, 9.17) is 4.74 Å². The molecular formula is C16H24N2O3. The molecule has 0 unspecified atom stereocenters. The lowest BCUT2D eigenvalue weighted by Crippen LogP contribution is -2.23. The van der Waals surface area contributed by atoms with Gasteiger partial charge in [0.25, 0.3) is 0 Å². The zero-order valence-corrected chi connectivity index (χ0v) is 13.0. The molecule has 1 fully saturated rings. The summed E-state index contributed by atoms with van der Waals surface area (Å²) >= 11 is 0. The average Bonchev–Trinajstić information content (AvgIpc) is 2.83. The minimum Gasteiger partial charge on any atom is -0.484 e. The highest BCUT2D eigenvalue weighted by Gasteiger charge is 2.28. The van der Waals surface area contributed by atoms with Gasteiger partial charge in [-0.3, -0.25) is 10.1 Å². The Morgan fingerprint density at radius 2 is 2.05 bits per heavy atom. The number of hydrogen-bond acceptors (Lipinski definition) is 4. The molecule has 0 atom stereocenters. The fourth-order valence-corrected chi connectivity index (χ4v) is 2.84. The van der Waals surface area contributed by atoms with E-state index in [1.807, 2.05) is 13.8 Å². The molecule has 0 spiro atoms. The lowest BCUT2D eigenvalue weighted by molar-refractivity contribution is -0.386. The van der Waals surface area contributed by atoms with Gasteiger partial charge in [0.2, 0.25) is 0 Å². The number of rotatable bonds is 6. The molecule has 0 amide bonds. The van der Waals surface area contributed by atoms with Gasteiger partial charge in [0.1, 0.15) is 0 Å². The highest BCUT2D eigenvalue weighted by molar-refractivity contribution is 5.58. The third-order valence-electron chi connectivity index (χ3n) is 4.05. The highest BCUT2D eigenvalue weighted by atomic mass is 16.6. The summed E-state index contributed by atoms with van der Waals surface area (Å²) in [5, 5.41) is 14.4. The van der Waals surface area contributed by atoms with Crippen LogP contribution in [0, 0.1) is 15.5 Å². The Kier molecular flexibility index (Phi) is 4.70. The molecular weight excluding hydrogens is 268 g/mol. The van der Waals surface area contributed by atoms with Crippen LogP contribution < -0.4 is 10.1 Å². The molecule has 0 heterocycles. The van der Waals surface area contributed by atoms with Gasteiger partial charge in [0, 0.05) is 24.4 Å². The summed E-state index contributed by atoms with van der Waals surface area (Å²) in [6.07, 6.45) is 4.97. The van der Waals surface area contributed by atoms with Crippen LogP contribution >= 0.6 is 0 Å². The quantitative estimate of drug-likeness (QED) is 0.624. The molecule has 1 aromatic carbocycles. The van der Waals surface area contributed by atoms with Crippen molar-refractivity contribution in [1.82, 2.24) is 0 Å². The van der Waals surface area contributed by atoms with Crippen LogP contribution in [-0.4, -0.2) is 17.6 Å². The second kappa shape index (κ2) is 6.33. The normalized spacial score (nSPS) is 17.0. The fourth-order valence-electron chi connectivity index (χ4n) is 2.84. The summed E-state index contributed by atoms with van der Waals surface area (Å²) in [4.78, 5) is 10.6. The summed E-state index contributed by atoms with van der Waals surface area (Å²) in [6.45, 7) is 6.92. The number of nitrogens with zero attached hydrogens (tertiary/aromatic N) is 1. The van der Waals surface area contributed by atoms with Gasteiger partial charge >= 0.3 is 5.69 Å². The maximum atomic E-state index is 11.0. The number of nitro benzene ring substituents is 1. The molecule has 0 aromatic heterocycles. The van der Waals surface area contributed by atoms with Gasteiger partial charge in [-0.25, -0.2) is 0 Å². The van der Waals surface area contributed by atoms with Crippen LogP contribution in [0.15, 0.2) is 18.2 Å². The molecule has 1 aliphatic carbocycles. The van der Waals surface area contributed by atoms with Crippen LogP contribution in [0.25, 0.3) is 0 Å². The maximum Gasteiger partial charge on any atom is 0.311 e. The van der Waals surface area contributed by atoms with Gasteiger partial charge in [-0.1, -0.05) is 19.8 Å². The Balaban J connectivity index is 2.11. The summed E-state index contributed by atoms with van der Waals surface area (Å²) in [5.41, 5.74) is 1.23. The summed E-state index contributed by atoms with van der Waals surface area (Å²) in [5.74, 6) is 0.330. The van der Waals surface area contributed by atoms with E-state index in [1.54, 1.807) is 12.1 Å². The SMILES string of the molecule is CC(C)Oc1cc(NCC2(C)CCCC2)ccc1[N+](=O)[O-]. The zero-order valence-electron chi connectivity index (χ0n) is 13.0. The number of hydrogen-bond donors (Lipinski definition) is 1. The van der Waals surface area contributed by atoms with E-state index in [0.29, 0.717) is 11.2 Å². The molecule has 116 valence electrons. The lowest BCUT2D eigenvalue weighted by atomic mass is 9.89. The van der Waals surface area contributed by atoms with Crippen LogP contribution in [0.2, 0.25) is 0 Å². The molecule has 0 bridgehead atoms. The van der Waals surface area contributed by atoms with Crippen molar-refractivity contribution in [2.24, 2.45) is 5.41 Å². The predicted octanol–water partition coefficient (Wildman–Crippen LogP) is 4.37. The molecule has 2 rings (SSSR count). The van der Waals surface area contributed by atoms with Crippen LogP contribution in [0.4, 0.5) is 11.4 Å². The van der Waals surface area contributed by atoms with E-state index < -0.39 is 4.92 Å². The molecule has 1 aromatic rings. The van der Waals surface area contributed by atoms with Crippen LogP contribution in [0.5, 0.6) is 5.75 Å². The second-order valence-electron chi connectivity index (χ2n) is 6.48. The van der Waals surface area contributed by atoms with Crippen molar-refractivity contribution in [1.29, 1.82) is 0 Å².